The van der Waals surface area contributed by atoms with Crippen molar-refractivity contribution in [1.82, 2.24) is 15.5 Å². The van der Waals surface area contributed by atoms with E-state index in [-0.39, 0.29) is 11.4 Å². The van der Waals surface area contributed by atoms with Crippen LogP contribution in [0, 0.1) is 0 Å². The minimum atomic E-state index is -0.183. The molecule has 0 atom stereocenters. The Morgan fingerprint density at radius 1 is 1.50 bits per heavy atom. The number of amides is 1. The second kappa shape index (κ2) is 2.94. The molecule has 0 aliphatic heterocycles. The lowest BCUT2D eigenvalue weighted by molar-refractivity contribution is 0.0929. The number of nitrogens with zero attached hydrogens (tertiary/aromatic N) is 2. The molecular weight excluding hydrogens is 180 g/mol. The Labute approximate surface area is 81.7 Å². The van der Waals surface area contributed by atoms with Crippen LogP contribution in [0.1, 0.15) is 30.3 Å². The zero-order chi connectivity index (χ0) is 10.2. The molecule has 1 saturated carbocycles. The minimum absolute atomic E-state index is 0.0276. The van der Waals surface area contributed by atoms with E-state index in [0.717, 1.165) is 12.8 Å². The van der Waals surface area contributed by atoms with Crippen molar-refractivity contribution in [3.63, 3.8) is 0 Å². The maximum atomic E-state index is 11.6. The van der Waals surface area contributed by atoms with Crippen LogP contribution in [0.25, 0.3) is 0 Å². The van der Waals surface area contributed by atoms with Gasteiger partial charge in [0.05, 0.1) is 0 Å². The maximum Gasteiger partial charge on any atom is 0.272 e. The number of rotatable bonds is 2. The molecule has 0 radical (unpaired) electrons. The lowest BCUT2D eigenvalue weighted by Gasteiger charge is -2.09. The van der Waals surface area contributed by atoms with Crippen molar-refractivity contribution in [1.29, 1.82) is 0 Å². The first-order chi connectivity index (χ1) is 6.59. The quantitative estimate of drug-likeness (QED) is 0.708. The third-order valence-electron chi connectivity index (χ3n) is 2.33. The van der Waals surface area contributed by atoms with E-state index in [9.17, 15) is 4.79 Å². The van der Waals surface area contributed by atoms with Gasteiger partial charge in [0.1, 0.15) is 5.82 Å². The molecule has 1 aromatic rings. The van der Waals surface area contributed by atoms with Crippen LogP contribution in [0.5, 0.6) is 0 Å². The van der Waals surface area contributed by atoms with Gasteiger partial charge in [0.2, 0.25) is 0 Å². The van der Waals surface area contributed by atoms with E-state index < -0.39 is 0 Å². The highest BCUT2D eigenvalue weighted by Gasteiger charge is 2.39. The molecule has 1 heterocycles. The van der Waals surface area contributed by atoms with Gasteiger partial charge in [-0.2, -0.15) is 0 Å². The first-order valence-electron chi connectivity index (χ1n) is 4.51. The molecule has 0 bridgehead atoms. The fourth-order valence-electron chi connectivity index (χ4n) is 1.11. The Bertz CT molecular complexity index is 356. The molecule has 0 unspecified atom stereocenters. The van der Waals surface area contributed by atoms with Gasteiger partial charge in [-0.15, -0.1) is 10.2 Å². The van der Waals surface area contributed by atoms with Crippen LogP contribution < -0.4 is 11.1 Å². The number of anilines is 1. The van der Waals surface area contributed by atoms with Gasteiger partial charge >= 0.3 is 0 Å². The summed E-state index contributed by atoms with van der Waals surface area (Å²) in [7, 11) is 0. The van der Waals surface area contributed by atoms with Gasteiger partial charge in [-0.25, -0.2) is 0 Å². The Balaban J connectivity index is 2.07. The molecule has 14 heavy (non-hydrogen) atoms. The van der Waals surface area contributed by atoms with Crippen molar-refractivity contribution >= 4 is 11.7 Å². The second-order valence-electron chi connectivity index (χ2n) is 3.86. The van der Waals surface area contributed by atoms with Crippen molar-refractivity contribution in [2.45, 2.75) is 25.3 Å². The van der Waals surface area contributed by atoms with Crippen molar-refractivity contribution < 1.29 is 4.79 Å². The molecule has 1 aliphatic carbocycles. The molecule has 3 N–H and O–H groups in total. The molecule has 0 spiro atoms. The predicted octanol–water partition coefficient (Wildman–Crippen LogP) is 0.341. The van der Waals surface area contributed by atoms with Crippen LogP contribution in [0.15, 0.2) is 12.1 Å². The first-order valence-corrected chi connectivity index (χ1v) is 4.51. The fraction of sp³-hybridized carbons (Fsp3) is 0.444. The molecule has 5 heteroatoms. The third kappa shape index (κ3) is 1.81. The van der Waals surface area contributed by atoms with Gasteiger partial charge < -0.3 is 11.1 Å². The van der Waals surface area contributed by atoms with Gasteiger partial charge in [0.25, 0.3) is 5.91 Å². The van der Waals surface area contributed by atoms with Crippen LogP contribution >= 0.6 is 0 Å². The lowest BCUT2D eigenvalue weighted by Crippen LogP contribution is -2.34. The number of nitrogens with one attached hydrogen (secondary N) is 1. The Hall–Kier alpha value is -1.65. The van der Waals surface area contributed by atoms with Crippen LogP contribution in [0.2, 0.25) is 0 Å². The van der Waals surface area contributed by atoms with E-state index in [1.165, 1.54) is 0 Å². The van der Waals surface area contributed by atoms with Gasteiger partial charge in [-0.3, -0.25) is 4.79 Å². The number of carbonyl (C=O) groups excluding carboxylic acids is 1. The summed E-state index contributed by atoms with van der Waals surface area (Å²) in [5.74, 6) is 0.136. The molecule has 74 valence electrons. The van der Waals surface area contributed by atoms with E-state index >= 15 is 0 Å². The smallest absolute Gasteiger partial charge is 0.272 e. The number of nitrogen functional groups attached to an aromatic ring is 1. The summed E-state index contributed by atoms with van der Waals surface area (Å²) in [5.41, 5.74) is 5.65. The maximum absolute atomic E-state index is 11.6. The zero-order valence-corrected chi connectivity index (χ0v) is 7.95. The van der Waals surface area contributed by atoms with Gasteiger partial charge in [0.15, 0.2) is 5.69 Å². The van der Waals surface area contributed by atoms with E-state index in [1.807, 2.05) is 6.92 Å². The minimum Gasteiger partial charge on any atom is -0.382 e. The van der Waals surface area contributed by atoms with Crippen LogP contribution in [0.3, 0.4) is 0 Å². The Morgan fingerprint density at radius 2 is 2.21 bits per heavy atom. The van der Waals surface area contributed by atoms with Crippen molar-refractivity contribution in [2.75, 3.05) is 5.73 Å². The highest BCUT2D eigenvalue weighted by Crippen LogP contribution is 2.34. The summed E-state index contributed by atoms with van der Waals surface area (Å²) in [6, 6.07) is 3.14. The molecule has 0 aromatic carbocycles. The molecule has 2 rings (SSSR count). The molecule has 1 amide bonds. The summed E-state index contributed by atoms with van der Waals surface area (Å²) in [6.07, 6.45) is 2.06. The molecular formula is C9H12N4O. The third-order valence-corrected chi connectivity index (χ3v) is 2.33. The monoisotopic (exact) mass is 192 g/mol. The van der Waals surface area contributed by atoms with E-state index in [4.69, 9.17) is 5.73 Å². The number of carbonyl (C=O) groups is 1. The Kier molecular flexibility index (Phi) is 1.87. The van der Waals surface area contributed by atoms with Crippen molar-refractivity contribution in [3.05, 3.63) is 17.8 Å². The van der Waals surface area contributed by atoms with E-state index in [1.54, 1.807) is 12.1 Å². The number of aromatic nitrogens is 2. The van der Waals surface area contributed by atoms with Crippen LogP contribution in [-0.4, -0.2) is 21.6 Å². The first kappa shape index (κ1) is 8.93. The second-order valence-corrected chi connectivity index (χ2v) is 3.86. The van der Waals surface area contributed by atoms with Crippen molar-refractivity contribution in [2.24, 2.45) is 0 Å². The van der Waals surface area contributed by atoms with Gasteiger partial charge in [-0.05, 0) is 31.9 Å². The van der Waals surface area contributed by atoms with Crippen LogP contribution in [0.4, 0.5) is 5.82 Å². The van der Waals surface area contributed by atoms with Crippen molar-refractivity contribution in [3.8, 4) is 0 Å². The van der Waals surface area contributed by atoms with Crippen LogP contribution in [-0.2, 0) is 0 Å². The number of hydrogen-bond donors (Lipinski definition) is 2. The molecule has 5 nitrogen and oxygen atoms in total. The summed E-state index contributed by atoms with van der Waals surface area (Å²) >= 11 is 0. The Morgan fingerprint density at radius 3 is 2.71 bits per heavy atom. The zero-order valence-electron chi connectivity index (χ0n) is 7.95. The highest BCUT2D eigenvalue weighted by atomic mass is 16.2. The van der Waals surface area contributed by atoms with E-state index in [0.29, 0.717) is 11.5 Å². The molecule has 1 aliphatic rings. The molecule has 1 fully saturated rings. The summed E-state index contributed by atoms with van der Waals surface area (Å²) in [5, 5.41) is 10.2. The standard InChI is InChI=1S/C9H12N4O/c1-9(4-5-9)11-8(14)6-2-3-7(10)13-12-6/h2-3H,4-5H2,1H3,(H2,10,13)(H,11,14). The average molecular weight is 192 g/mol. The average Bonchev–Trinajstić information content (AvgIpc) is 2.84. The lowest BCUT2D eigenvalue weighted by atomic mass is 10.3. The highest BCUT2D eigenvalue weighted by molar-refractivity contribution is 5.92. The fourth-order valence-corrected chi connectivity index (χ4v) is 1.11. The summed E-state index contributed by atoms with van der Waals surface area (Å²) in [6.45, 7) is 2.01. The van der Waals surface area contributed by atoms with Gasteiger partial charge in [0, 0.05) is 5.54 Å². The largest absolute Gasteiger partial charge is 0.382 e. The normalized spacial score (nSPS) is 17.5. The molecule has 1 aromatic heterocycles. The predicted molar refractivity (Wildman–Crippen MR) is 51.5 cm³/mol. The topological polar surface area (TPSA) is 80.9 Å². The van der Waals surface area contributed by atoms with E-state index in [2.05, 4.69) is 15.5 Å². The number of nitrogens with two attached hydrogens (primary N) is 1. The summed E-state index contributed by atoms with van der Waals surface area (Å²) < 4.78 is 0. The van der Waals surface area contributed by atoms with Gasteiger partial charge in [-0.1, -0.05) is 0 Å². The summed E-state index contributed by atoms with van der Waals surface area (Å²) in [4.78, 5) is 11.6. The molecule has 0 saturated heterocycles. The number of hydrogen-bond acceptors (Lipinski definition) is 4. The SMILES string of the molecule is CC1(NC(=O)c2ccc(N)nn2)CC1.